The first kappa shape index (κ1) is 13.9. The van der Waals surface area contributed by atoms with Gasteiger partial charge in [0.15, 0.2) is 0 Å². The molecule has 2 N–H and O–H groups in total. The zero-order chi connectivity index (χ0) is 12.1. The van der Waals surface area contributed by atoms with Gasteiger partial charge >= 0.3 is 5.97 Å². The third-order valence-corrected chi connectivity index (χ3v) is 1.90. The molecule has 0 aliphatic heterocycles. The summed E-state index contributed by atoms with van der Waals surface area (Å²) in [7, 11) is 1.49. The van der Waals surface area contributed by atoms with Crippen molar-refractivity contribution in [3.63, 3.8) is 0 Å². The van der Waals surface area contributed by atoms with Gasteiger partial charge in [-0.15, -0.1) is 0 Å². The average molecular weight is 217 g/mol. The second-order valence-electron chi connectivity index (χ2n) is 4.40. The molecule has 0 aromatic rings. The van der Waals surface area contributed by atoms with Crippen LogP contribution in [0.25, 0.3) is 0 Å². The van der Waals surface area contributed by atoms with E-state index in [1.807, 2.05) is 0 Å². The number of carbonyl (C=O) groups is 2. The summed E-state index contributed by atoms with van der Waals surface area (Å²) in [6.07, 6.45) is 0.271. The number of rotatable bonds is 5. The van der Waals surface area contributed by atoms with E-state index in [1.54, 1.807) is 20.8 Å². The molecule has 0 saturated heterocycles. The predicted octanol–water partition coefficient (Wildman–Crippen LogP) is 0.638. The Hall–Kier alpha value is -1.10. The van der Waals surface area contributed by atoms with Crippen LogP contribution in [0.4, 0.5) is 0 Å². The lowest BCUT2D eigenvalue weighted by Gasteiger charge is -2.21. The van der Waals surface area contributed by atoms with Crippen LogP contribution >= 0.6 is 0 Å². The minimum Gasteiger partial charge on any atom is -0.480 e. The highest BCUT2D eigenvalue weighted by atomic mass is 16.5. The molecule has 0 heterocycles. The highest BCUT2D eigenvalue weighted by Gasteiger charge is 2.26. The molecule has 15 heavy (non-hydrogen) atoms. The molecule has 1 atom stereocenters. The quantitative estimate of drug-likeness (QED) is 0.708. The first-order valence-electron chi connectivity index (χ1n) is 4.81. The summed E-state index contributed by atoms with van der Waals surface area (Å²) in [5, 5.41) is 11.3. The van der Waals surface area contributed by atoms with Crippen LogP contribution in [0.2, 0.25) is 0 Å². The second kappa shape index (κ2) is 5.70. The predicted molar refractivity (Wildman–Crippen MR) is 55.5 cm³/mol. The van der Waals surface area contributed by atoms with Gasteiger partial charge in [-0.3, -0.25) is 4.79 Å². The fourth-order valence-electron chi connectivity index (χ4n) is 0.868. The highest BCUT2D eigenvalue weighted by molar-refractivity contribution is 5.86. The molecule has 5 heteroatoms. The van der Waals surface area contributed by atoms with Crippen molar-refractivity contribution in [3.8, 4) is 0 Å². The van der Waals surface area contributed by atoms with E-state index in [-0.39, 0.29) is 12.3 Å². The van der Waals surface area contributed by atoms with Crippen LogP contribution in [0.3, 0.4) is 0 Å². The van der Waals surface area contributed by atoms with Crippen LogP contribution < -0.4 is 5.32 Å². The van der Waals surface area contributed by atoms with E-state index in [0.29, 0.717) is 6.61 Å². The molecular weight excluding hydrogens is 198 g/mol. The molecule has 0 aromatic heterocycles. The Morgan fingerprint density at radius 3 is 2.27 bits per heavy atom. The lowest BCUT2D eigenvalue weighted by Crippen LogP contribution is -2.46. The summed E-state index contributed by atoms with van der Waals surface area (Å²) in [6, 6.07) is -0.878. The normalized spacial score (nSPS) is 13.3. The molecule has 0 rings (SSSR count). The van der Waals surface area contributed by atoms with Crippen LogP contribution in [0.15, 0.2) is 0 Å². The molecule has 0 aromatic carbocycles. The van der Waals surface area contributed by atoms with Gasteiger partial charge in [0.1, 0.15) is 6.04 Å². The van der Waals surface area contributed by atoms with Crippen molar-refractivity contribution >= 4 is 11.9 Å². The van der Waals surface area contributed by atoms with Crippen molar-refractivity contribution < 1.29 is 19.4 Å². The number of methoxy groups -OCH3 is 1. The maximum atomic E-state index is 11.5. The Labute approximate surface area is 89.8 Å². The number of carbonyl (C=O) groups excluding carboxylic acids is 1. The van der Waals surface area contributed by atoms with Crippen LogP contribution in [0, 0.1) is 5.41 Å². The van der Waals surface area contributed by atoms with E-state index in [9.17, 15) is 9.59 Å². The number of hydrogen-bond donors (Lipinski definition) is 2. The van der Waals surface area contributed by atoms with E-state index in [2.05, 4.69) is 5.32 Å². The molecule has 0 spiro atoms. The van der Waals surface area contributed by atoms with Crippen molar-refractivity contribution in [3.05, 3.63) is 0 Å². The van der Waals surface area contributed by atoms with Crippen molar-refractivity contribution in [2.45, 2.75) is 33.2 Å². The van der Waals surface area contributed by atoms with Crippen molar-refractivity contribution in [2.75, 3.05) is 13.7 Å². The molecule has 0 radical (unpaired) electrons. The van der Waals surface area contributed by atoms with Crippen molar-refractivity contribution in [1.82, 2.24) is 5.32 Å². The SMILES string of the molecule is COCC[C@H](NC(=O)C(C)(C)C)C(=O)O. The van der Waals surface area contributed by atoms with Gasteiger partial charge < -0.3 is 15.2 Å². The summed E-state index contributed by atoms with van der Waals surface area (Å²) < 4.78 is 4.78. The maximum absolute atomic E-state index is 11.5. The van der Waals surface area contributed by atoms with E-state index < -0.39 is 17.4 Å². The molecule has 0 aliphatic rings. The number of aliphatic carboxylic acids is 1. The summed E-state index contributed by atoms with van der Waals surface area (Å²) in [5.74, 6) is -1.31. The van der Waals surface area contributed by atoms with Gasteiger partial charge in [-0.2, -0.15) is 0 Å². The monoisotopic (exact) mass is 217 g/mol. The van der Waals surface area contributed by atoms with Crippen LogP contribution in [0.5, 0.6) is 0 Å². The van der Waals surface area contributed by atoms with Gasteiger partial charge in [0.05, 0.1) is 0 Å². The number of amides is 1. The van der Waals surface area contributed by atoms with Gasteiger partial charge in [-0.25, -0.2) is 4.79 Å². The fraction of sp³-hybridized carbons (Fsp3) is 0.800. The van der Waals surface area contributed by atoms with E-state index in [1.165, 1.54) is 7.11 Å². The van der Waals surface area contributed by atoms with E-state index in [0.717, 1.165) is 0 Å². The molecule has 0 saturated carbocycles. The average Bonchev–Trinajstić information content (AvgIpc) is 2.09. The highest BCUT2D eigenvalue weighted by Crippen LogP contribution is 2.13. The molecular formula is C10H19NO4. The van der Waals surface area contributed by atoms with Gasteiger partial charge in [0, 0.05) is 25.6 Å². The number of carboxylic acid groups (broad SMARTS) is 1. The van der Waals surface area contributed by atoms with Gasteiger partial charge in [0.25, 0.3) is 0 Å². The number of carboxylic acids is 1. The largest absolute Gasteiger partial charge is 0.480 e. The number of nitrogens with one attached hydrogen (secondary N) is 1. The zero-order valence-corrected chi connectivity index (χ0v) is 9.66. The van der Waals surface area contributed by atoms with Crippen LogP contribution in [0.1, 0.15) is 27.2 Å². The smallest absolute Gasteiger partial charge is 0.326 e. The zero-order valence-electron chi connectivity index (χ0n) is 9.66. The van der Waals surface area contributed by atoms with Gasteiger partial charge in [-0.1, -0.05) is 20.8 Å². The number of ether oxygens (including phenoxy) is 1. The Bertz CT molecular complexity index is 232. The molecule has 0 aliphatic carbocycles. The number of hydrogen-bond acceptors (Lipinski definition) is 3. The summed E-state index contributed by atoms with van der Waals surface area (Å²) >= 11 is 0. The molecule has 0 bridgehead atoms. The second-order valence-corrected chi connectivity index (χ2v) is 4.40. The van der Waals surface area contributed by atoms with Crippen molar-refractivity contribution in [2.24, 2.45) is 5.41 Å². The topological polar surface area (TPSA) is 75.6 Å². The third-order valence-electron chi connectivity index (χ3n) is 1.90. The molecule has 0 unspecified atom stereocenters. The fourth-order valence-corrected chi connectivity index (χ4v) is 0.868. The maximum Gasteiger partial charge on any atom is 0.326 e. The summed E-state index contributed by atoms with van der Waals surface area (Å²) in [4.78, 5) is 22.3. The molecule has 5 nitrogen and oxygen atoms in total. The Balaban J connectivity index is 4.29. The first-order valence-corrected chi connectivity index (χ1v) is 4.81. The molecule has 1 amide bonds. The van der Waals surface area contributed by atoms with E-state index in [4.69, 9.17) is 9.84 Å². The van der Waals surface area contributed by atoms with Crippen molar-refractivity contribution in [1.29, 1.82) is 0 Å². The molecule has 88 valence electrons. The first-order chi connectivity index (χ1) is 6.79. The minimum atomic E-state index is -1.04. The van der Waals surface area contributed by atoms with Gasteiger partial charge in [0.2, 0.25) is 5.91 Å². The van der Waals surface area contributed by atoms with E-state index >= 15 is 0 Å². The summed E-state index contributed by atoms with van der Waals surface area (Å²) in [5.41, 5.74) is -0.583. The van der Waals surface area contributed by atoms with Crippen LogP contribution in [-0.4, -0.2) is 36.7 Å². The Kier molecular flexibility index (Phi) is 5.28. The Morgan fingerprint density at radius 2 is 1.93 bits per heavy atom. The van der Waals surface area contributed by atoms with Gasteiger partial charge in [-0.05, 0) is 0 Å². The third kappa shape index (κ3) is 5.37. The lowest BCUT2D eigenvalue weighted by molar-refractivity contribution is -0.143. The van der Waals surface area contributed by atoms with Crippen LogP contribution in [-0.2, 0) is 14.3 Å². The standard InChI is InChI=1S/C10H19NO4/c1-10(2,3)9(14)11-7(8(12)13)5-6-15-4/h7H,5-6H2,1-4H3,(H,11,14)(H,12,13)/t7-/m0/s1. The molecule has 0 fully saturated rings. The minimum absolute atomic E-state index is 0.271. The Morgan fingerprint density at radius 1 is 1.40 bits per heavy atom. The summed E-state index contributed by atoms with van der Waals surface area (Å²) in [6.45, 7) is 5.51. The lowest BCUT2D eigenvalue weighted by atomic mass is 9.95.